The number of hydrogen-bond acceptors (Lipinski definition) is 6. The van der Waals surface area contributed by atoms with Crippen LogP contribution in [0.3, 0.4) is 0 Å². The van der Waals surface area contributed by atoms with Crippen molar-refractivity contribution in [2.24, 2.45) is 5.73 Å². The van der Waals surface area contributed by atoms with Crippen molar-refractivity contribution < 1.29 is 32.1 Å². The van der Waals surface area contributed by atoms with Gasteiger partial charge in [0.1, 0.15) is 35.6 Å². The summed E-state index contributed by atoms with van der Waals surface area (Å²) in [5, 5.41) is 3.21. The lowest BCUT2D eigenvalue weighted by atomic mass is 10.0. The summed E-state index contributed by atoms with van der Waals surface area (Å²) in [7, 11) is 3.17. The Labute approximate surface area is 216 Å². The van der Waals surface area contributed by atoms with Crippen LogP contribution >= 0.6 is 0 Å². The molecule has 3 atom stereocenters. The predicted octanol–water partition coefficient (Wildman–Crippen LogP) is 5.56. The molecule has 0 aliphatic rings. The Bertz CT molecular complexity index is 1050. The summed E-state index contributed by atoms with van der Waals surface area (Å²) in [5.41, 5.74) is 8.06. The zero-order chi connectivity index (χ0) is 25.9. The van der Waals surface area contributed by atoms with E-state index in [-0.39, 0.29) is 38.3 Å². The minimum atomic E-state index is -0.739. The van der Waals surface area contributed by atoms with E-state index in [0.717, 1.165) is 35.2 Å². The summed E-state index contributed by atoms with van der Waals surface area (Å²) in [4.78, 5) is 0. The molecule has 3 aromatic rings. The number of hydrogen-bond donors (Lipinski definition) is 2. The highest BCUT2D eigenvalue weighted by molar-refractivity contribution is 5.42. The number of benzene rings is 3. The Morgan fingerprint density at radius 1 is 0.838 bits per heavy atom. The second kappa shape index (κ2) is 15.1. The van der Waals surface area contributed by atoms with Crippen LogP contribution in [0.15, 0.2) is 66.7 Å². The third kappa shape index (κ3) is 9.95. The van der Waals surface area contributed by atoms with Gasteiger partial charge in [0.2, 0.25) is 0 Å². The average Bonchev–Trinajstić information content (AvgIpc) is 2.87. The van der Waals surface area contributed by atoms with Crippen molar-refractivity contribution in [3.63, 3.8) is 0 Å². The molecule has 0 aromatic heterocycles. The number of methoxy groups -OCH3 is 2. The van der Waals surface area contributed by atoms with Crippen molar-refractivity contribution in [3.05, 3.63) is 89.7 Å². The van der Waals surface area contributed by atoms with Crippen molar-refractivity contribution >= 4 is 5.69 Å². The standard InChI is InChI=1S/C27H31F3N2O4.CH4/c1-33-23-9-3-18(4-10-23)16-36-27(26(31)17-35-24-12-20(29)11-21(30)13-24)14-25(34-2)15-32-22-7-5-19(28)6-8-22;/h3-13,25-27,32H,14-17,31H2,1-2H3;1H4/t25?,26-,27?;/m0./s1. The van der Waals surface area contributed by atoms with Gasteiger partial charge in [0.25, 0.3) is 0 Å². The average molecular weight is 521 g/mol. The SMILES string of the molecule is C.COc1ccc(COC(CC(CNc2ccc(F)cc2)OC)[C@@H](N)COc2cc(F)cc(F)c2)cc1. The zero-order valence-corrected chi connectivity index (χ0v) is 20.3. The van der Waals surface area contributed by atoms with Crippen LogP contribution in [0.2, 0.25) is 0 Å². The maximum absolute atomic E-state index is 13.5. The van der Waals surface area contributed by atoms with Crippen LogP contribution in [0.5, 0.6) is 11.5 Å². The third-order valence-corrected chi connectivity index (χ3v) is 5.59. The van der Waals surface area contributed by atoms with Gasteiger partial charge in [-0.15, -0.1) is 0 Å². The van der Waals surface area contributed by atoms with Crippen molar-refractivity contribution in [2.75, 3.05) is 32.7 Å². The fourth-order valence-corrected chi connectivity index (χ4v) is 3.52. The van der Waals surface area contributed by atoms with Gasteiger partial charge in [-0.2, -0.15) is 0 Å². The Balaban J connectivity index is 0.00000481. The molecule has 0 aliphatic carbocycles. The number of nitrogens with one attached hydrogen (secondary N) is 1. The van der Waals surface area contributed by atoms with Crippen LogP contribution < -0.4 is 20.5 Å². The summed E-state index contributed by atoms with van der Waals surface area (Å²) in [6, 6.07) is 15.8. The smallest absolute Gasteiger partial charge is 0.129 e. The molecule has 0 aliphatic heterocycles. The van der Waals surface area contributed by atoms with E-state index in [9.17, 15) is 13.2 Å². The molecule has 3 aromatic carbocycles. The lowest BCUT2D eigenvalue weighted by Gasteiger charge is -2.28. The topological polar surface area (TPSA) is 75.0 Å². The van der Waals surface area contributed by atoms with E-state index in [1.165, 1.54) is 12.1 Å². The van der Waals surface area contributed by atoms with Crippen LogP contribution in [0, 0.1) is 17.5 Å². The number of halogens is 3. The van der Waals surface area contributed by atoms with Crippen LogP contribution in [-0.2, 0) is 16.1 Å². The molecular weight excluding hydrogens is 485 g/mol. The fraction of sp³-hybridized carbons (Fsp3) is 0.357. The first-order valence-corrected chi connectivity index (χ1v) is 11.5. The molecule has 6 nitrogen and oxygen atoms in total. The molecule has 0 spiro atoms. The molecule has 37 heavy (non-hydrogen) atoms. The molecule has 0 radical (unpaired) electrons. The number of anilines is 1. The van der Waals surface area contributed by atoms with Crippen molar-refractivity contribution in [1.82, 2.24) is 0 Å². The second-order valence-electron chi connectivity index (χ2n) is 8.26. The fourth-order valence-electron chi connectivity index (χ4n) is 3.52. The van der Waals surface area contributed by atoms with Crippen molar-refractivity contribution in [2.45, 2.75) is 38.7 Å². The minimum absolute atomic E-state index is 0. The Kier molecular flexibility index (Phi) is 12.2. The van der Waals surface area contributed by atoms with Crippen LogP contribution in [0.4, 0.5) is 18.9 Å². The van der Waals surface area contributed by atoms with Gasteiger partial charge in [-0.25, -0.2) is 13.2 Å². The first kappa shape index (κ1) is 30.0. The summed E-state index contributed by atoms with van der Waals surface area (Å²) < 4.78 is 62.7. The van der Waals surface area contributed by atoms with Gasteiger partial charge in [0, 0.05) is 44.0 Å². The molecule has 0 saturated heterocycles. The Hall–Kier alpha value is -3.27. The molecular formula is C28H35F3N2O4. The van der Waals surface area contributed by atoms with E-state index in [1.54, 1.807) is 26.4 Å². The highest BCUT2D eigenvalue weighted by Gasteiger charge is 2.24. The molecule has 3 N–H and O–H groups in total. The number of rotatable bonds is 14. The van der Waals surface area contributed by atoms with Crippen LogP contribution in [-0.4, -0.2) is 45.6 Å². The first-order chi connectivity index (χ1) is 17.4. The minimum Gasteiger partial charge on any atom is -0.497 e. The first-order valence-electron chi connectivity index (χ1n) is 11.5. The summed E-state index contributed by atoms with van der Waals surface area (Å²) in [6.45, 7) is 0.671. The van der Waals surface area contributed by atoms with Crippen LogP contribution in [0.1, 0.15) is 19.4 Å². The van der Waals surface area contributed by atoms with E-state index in [0.29, 0.717) is 13.0 Å². The maximum atomic E-state index is 13.5. The van der Waals surface area contributed by atoms with Gasteiger partial charge in [0.05, 0.1) is 32.0 Å². The molecule has 2 unspecified atom stereocenters. The Morgan fingerprint density at radius 3 is 2.08 bits per heavy atom. The number of nitrogens with two attached hydrogens (primary N) is 1. The van der Waals surface area contributed by atoms with Crippen molar-refractivity contribution in [1.29, 1.82) is 0 Å². The molecule has 0 saturated carbocycles. The molecule has 9 heteroatoms. The van der Waals surface area contributed by atoms with E-state index in [2.05, 4.69) is 5.32 Å². The van der Waals surface area contributed by atoms with E-state index in [4.69, 9.17) is 24.7 Å². The van der Waals surface area contributed by atoms with E-state index in [1.807, 2.05) is 24.3 Å². The zero-order valence-electron chi connectivity index (χ0n) is 20.3. The second-order valence-corrected chi connectivity index (χ2v) is 8.26. The lowest BCUT2D eigenvalue weighted by molar-refractivity contribution is -0.0246. The summed E-state index contributed by atoms with van der Waals surface area (Å²) >= 11 is 0. The van der Waals surface area contributed by atoms with E-state index >= 15 is 0 Å². The quantitative estimate of drug-likeness (QED) is 0.290. The van der Waals surface area contributed by atoms with Gasteiger partial charge >= 0.3 is 0 Å². The monoisotopic (exact) mass is 520 g/mol. The van der Waals surface area contributed by atoms with Gasteiger partial charge in [-0.3, -0.25) is 0 Å². The normalized spacial score (nSPS) is 13.2. The summed E-state index contributed by atoms with van der Waals surface area (Å²) in [5.74, 6) is -1.03. The Morgan fingerprint density at radius 2 is 1.49 bits per heavy atom. The maximum Gasteiger partial charge on any atom is 0.129 e. The predicted molar refractivity (Wildman–Crippen MR) is 138 cm³/mol. The van der Waals surface area contributed by atoms with Gasteiger partial charge in [-0.1, -0.05) is 19.6 Å². The van der Waals surface area contributed by atoms with Gasteiger partial charge < -0.3 is 30.0 Å². The highest BCUT2D eigenvalue weighted by Crippen LogP contribution is 2.19. The lowest BCUT2D eigenvalue weighted by Crippen LogP contribution is -2.44. The molecule has 0 amide bonds. The molecule has 202 valence electrons. The largest absolute Gasteiger partial charge is 0.497 e. The molecule has 0 bridgehead atoms. The summed E-state index contributed by atoms with van der Waals surface area (Å²) in [6.07, 6.45) is -0.401. The third-order valence-electron chi connectivity index (χ3n) is 5.59. The molecule has 0 heterocycles. The van der Waals surface area contributed by atoms with Crippen molar-refractivity contribution in [3.8, 4) is 11.5 Å². The highest BCUT2D eigenvalue weighted by atomic mass is 19.1. The van der Waals surface area contributed by atoms with Gasteiger partial charge in [0.15, 0.2) is 0 Å². The van der Waals surface area contributed by atoms with E-state index < -0.39 is 23.8 Å². The molecule has 0 fully saturated rings. The molecule has 3 rings (SSSR count). The van der Waals surface area contributed by atoms with Crippen LogP contribution in [0.25, 0.3) is 0 Å². The number of ether oxygens (including phenoxy) is 4. The van der Waals surface area contributed by atoms with Gasteiger partial charge in [-0.05, 0) is 42.0 Å².